The number of carbonyl (C=O) groups is 2. The summed E-state index contributed by atoms with van der Waals surface area (Å²) in [6.45, 7) is 5.38. The van der Waals surface area contributed by atoms with Crippen molar-refractivity contribution in [1.82, 2.24) is 15.1 Å². The van der Waals surface area contributed by atoms with Crippen LogP contribution in [0.2, 0.25) is 0 Å². The number of carbonyl (C=O) groups excluding carboxylic acids is 2. The second-order valence-electron chi connectivity index (χ2n) is 5.35. The van der Waals surface area contributed by atoms with Crippen LogP contribution >= 0.6 is 0 Å². The molecule has 5 nitrogen and oxygen atoms in total. The lowest BCUT2D eigenvalue weighted by Crippen LogP contribution is -2.50. The first-order valence-corrected chi connectivity index (χ1v) is 6.27. The Labute approximate surface area is 102 Å². The van der Waals surface area contributed by atoms with Crippen molar-refractivity contribution >= 4 is 11.8 Å². The predicted octanol–water partition coefficient (Wildman–Crippen LogP) is -0.323. The summed E-state index contributed by atoms with van der Waals surface area (Å²) in [5.41, 5.74) is -0.182. The highest BCUT2D eigenvalue weighted by Crippen LogP contribution is 2.46. The van der Waals surface area contributed by atoms with Crippen LogP contribution in [0.5, 0.6) is 0 Å². The van der Waals surface area contributed by atoms with E-state index in [4.69, 9.17) is 0 Å². The molecule has 1 heterocycles. The molecule has 0 aromatic rings. The van der Waals surface area contributed by atoms with Crippen LogP contribution in [-0.4, -0.2) is 61.4 Å². The lowest BCUT2D eigenvalue weighted by atomic mass is 10.1. The van der Waals surface area contributed by atoms with Gasteiger partial charge in [0.2, 0.25) is 11.8 Å². The molecule has 1 aliphatic heterocycles. The van der Waals surface area contributed by atoms with Gasteiger partial charge in [0.25, 0.3) is 0 Å². The standard InChI is InChI=1S/C12H21N3O2/c1-12(3-4-12)11(17)14(2)9-10(16)15-7-5-13-6-8-15/h13H,3-9H2,1-2H3. The van der Waals surface area contributed by atoms with E-state index in [0.717, 1.165) is 39.0 Å². The maximum Gasteiger partial charge on any atom is 0.242 e. The minimum absolute atomic E-state index is 0.0617. The molecule has 2 amide bonds. The number of rotatable bonds is 3. The molecule has 2 rings (SSSR count). The lowest BCUT2D eigenvalue weighted by Gasteiger charge is -2.30. The Hall–Kier alpha value is -1.10. The maximum absolute atomic E-state index is 12.0. The van der Waals surface area contributed by atoms with E-state index in [1.54, 1.807) is 11.9 Å². The number of amides is 2. The molecule has 0 aromatic heterocycles. The van der Waals surface area contributed by atoms with Gasteiger partial charge in [-0.3, -0.25) is 9.59 Å². The smallest absolute Gasteiger partial charge is 0.242 e. The number of piperazine rings is 1. The van der Waals surface area contributed by atoms with Crippen LogP contribution in [-0.2, 0) is 9.59 Å². The van der Waals surface area contributed by atoms with Gasteiger partial charge < -0.3 is 15.1 Å². The summed E-state index contributed by atoms with van der Waals surface area (Å²) in [5.74, 6) is 0.174. The van der Waals surface area contributed by atoms with Crippen LogP contribution in [0.1, 0.15) is 19.8 Å². The average molecular weight is 239 g/mol. The molecule has 1 saturated heterocycles. The highest BCUT2D eigenvalue weighted by molar-refractivity contribution is 5.89. The molecule has 0 aromatic carbocycles. The molecule has 17 heavy (non-hydrogen) atoms. The van der Waals surface area contributed by atoms with Crippen LogP contribution in [0.3, 0.4) is 0 Å². The van der Waals surface area contributed by atoms with E-state index in [1.807, 2.05) is 11.8 Å². The summed E-state index contributed by atoms with van der Waals surface area (Å²) in [5, 5.41) is 3.21. The quantitative estimate of drug-likeness (QED) is 0.734. The predicted molar refractivity (Wildman–Crippen MR) is 64.4 cm³/mol. The van der Waals surface area contributed by atoms with Gasteiger partial charge in [0, 0.05) is 38.6 Å². The Kier molecular flexibility index (Phi) is 3.38. The molecule has 0 bridgehead atoms. The summed E-state index contributed by atoms with van der Waals surface area (Å²) in [6, 6.07) is 0. The topological polar surface area (TPSA) is 52.7 Å². The van der Waals surface area contributed by atoms with Crippen molar-refractivity contribution in [2.75, 3.05) is 39.8 Å². The minimum Gasteiger partial charge on any atom is -0.339 e. The fourth-order valence-electron chi connectivity index (χ4n) is 2.15. The number of nitrogens with zero attached hydrogens (tertiary/aromatic N) is 2. The number of hydrogen-bond acceptors (Lipinski definition) is 3. The normalized spacial score (nSPS) is 22.1. The Morgan fingerprint density at radius 1 is 1.29 bits per heavy atom. The zero-order valence-corrected chi connectivity index (χ0v) is 10.7. The van der Waals surface area contributed by atoms with Gasteiger partial charge in [-0.25, -0.2) is 0 Å². The van der Waals surface area contributed by atoms with E-state index in [2.05, 4.69) is 5.32 Å². The highest BCUT2D eigenvalue weighted by atomic mass is 16.2. The molecule has 0 unspecified atom stereocenters. The van der Waals surface area contributed by atoms with Crippen molar-refractivity contribution in [1.29, 1.82) is 0 Å². The molecule has 96 valence electrons. The molecule has 1 aliphatic carbocycles. The van der Waals surface area contributed by atoms with Gasteiger partial charge in [-0.1, -0.05) is 6.92 Å². The molecular weight excluding hydrogens is 218 g/mol. The van der Waals surface area contributed by atoms with E-state index in [9.17, 15) is 9.59 Å². The molecule has 1 saturated carbocycles. The second-order valence-corrected chi connectivity index (χ2v) is 5.35. The fourth-order valence-corrected chi connectivity index (χ4v) is 2.15. The largest absolute Gasteiger partial charge is 0.339 e. The summed E-state index contributed by atoms with van der Waals surface area (Å²) in [6.07, 6.45) is 1.91. The number of nitrogens with one attached hydrogen (secondary N) is 1. The maximum atomic E-state index is 12.0. The Morgan fingerprint density at radius 3 is 2.41 bits per heavy atom. The van der Waals surface area contributed by atoms with E-state index >= 15 is 0 Å². The average Bonchev–Trinajstić information content (AvgIpc) is 3.08. The number of likely N-dealkylation sites (N-methyl/N-ethyl adjacent to an activating group) is 1. The molecule has 0 atom stereocenters. The van der Waals surface area contributed by atoms with Crippen molar-refractivity contribution in [3.8, 4) is 0 Å². The fraction of sp³-hybridized carbons (Fsp3) is 0.833. The van der Waals surface area contributed by atoms with Crippen molar-refractivity contribution in [2.45, 2.75) is 19.8 Å². The highest BCUT2D eigenvalue weighted by Gasteiger charge is 2.46. The first-order valence-electron chi connectivity index (χ1n) is 6.27. The Morgan fingerprint density at radius 2 is 1.88 bits per heavy atom. The Bertz CT molecular complexity index is 320. The SMILES string of the molecule is CN(CC(=O)N1CCNCC1)C(=O)C1(C)CC1. The summed E-state index contributed by atoms with van der Waals surface area (Å²) >= 11 is 0. The first-order chi connectivity index (χ1) is 8.03. The van der Waals surface area contributed by atoms with Crippen LogP contribution in [0.4, 0.5) is 0 Å². The van der Waals surface area contributed by atoms with Crippen LogP contribution in [0, 0.1) is 5.41 Å². The van der Waals surface area contributed by atoms with E-state index in [0.29, 0.717) is 0 Å². The van der Waals surface area contributed by atoms with Crippen molar-refractivity contribution in [2.24, 2.45) is 5.41 Å². The van der Waals surface area contributed by atoms with Crippen molar-refractivity contribution < 1.29 is 9.59 Å². The molecule has 2 aliphatic rings. The molecule has 2 fully saturated rings. The molecule has 1 N–H and O–H groups in total. The second kappa shape index (κ2) is 4.64. The van der Waals surface area contributed by atoms with E-state index < -0.39 is 0 Å². The van der Waals surface area contributed by atoms with Crippen molar-refractivity contribution in [3.05, 3.63) is 0 Å². The third kappa shape index (κ3) is 2.77. The first kappa shape index (κ1) is 12.4. The van der Waals surface area contributed by atoms with Gasteiger partial charge in [0.1, 0.15) is 0 Å². The third-order valence-corrected chi connectivity index (χ3v) is 3.71. The van der Waals surface area contributed by atoms with Crippen LogP contribution < -0.4 is 5.32 Å². The summed E-state index contributed by atoms with van der Waals surface area (Å²) in [4.78, 5) is 27.4. The van der Waals surface area contributed by atoms with Crippen LogP contribution in [0.25, 0.3) is 0 Å². The van der Waals surface area contributed by atoms with Gasteiger partial charge >= 0.3 is 0 Å². The van der Waals surface area contributed by atoms with Crippen LogP contribution in [0.15, 0.2) is 0 Å². The van der Waals surface area contributed by atoms with E-state index in [1.165, 1.54) is 0 Å². The molecule has 0 radical (unpaired) electrons. The molecular formula is C12H21N3O2. The van der Waals surface area contributed by atoms with Crippen molar-refractivity contribution in [3.63, 3.8) is 0 Å². The summed E-state index contributed by atoms with van der Waals surface area (Å²) < 4.78 is 0. The third-order valence-electron chi connectivity index (χ3n) is 3.71. The minimum atomic E-state index is -0.182. The molecule has 0 spiro atoms. The zero-order chi connectivity index (χ0) is 12.5. The molecule has 5 heteroatoms. The lowest BCUT2D eigenvalue weighted by molar-refractivity contribution is -0.142. The van der Waals surface area contributed by atoms with Gasteiger partial charge in [-0.2, -0.15) is 0 Å². The van der Waals surface area contributed by atoms with Gasteiger partial charge in [0.15, 0.2) is 0 Å². The van der Waals surface area contributed by atoms with Gasteiger partial charge in [-0.15, -0.1) is 0 Å². The van der Waals surface area contributed by atoms with Gasteiger partial charge in [-0.05, 0) is 12.8 Å². The van der Waals surface area contributed by atoms with E-state index in [-0.39, 0.29) is 23.8 Å². The monoisotopic (exact) mass is 239 g/mol. The zero-order valence-electron chi connectivity index (χ0n) is 10.7. The van der Waals surface area contributed by atoms with Gasteiger partial charge in [0.05, 0.1) is 6.54 Å². The Balaban J connectivity index is 1.83. The summed E-state index contributed by atoms with van der Waals surface area (Å²) in [7, 11) is 1.73. The number of hydrogen-bond donors (Lipinski definition) is 1.